The number of benzene rings is 1. The minimum Gasteiger partial charge on any atom is -0.478 e. The van der Waals surface area contributed by atoms with E-state index in [2.05, 4.69) is 5.32 Å². The summed E-state index contributed by atoms with van der Waals surface area (Å²) in [7, 11) is 0. The third-order valence-corrected chi connectivity index (χ3v) is 2.55. The van der Waals surface area contributed by atoms with Crippen LogP contribution in [0.5, 0.6) is 0 Å². The number of hydrogen-bond donors (Lipinski definition) is 2. The van der Waals surface area contributed by atoms with Crippen molar-refractivity contribution in [3.05, 3.63) is 28.8 Å². The second kappa shape index (κ2) is 5.30. The molecule has 0 saturated heterocycles. The predicted molar refractivity (Wildman–Crippen MR) is 72.7 cm³/mol. The van der Waals surface area contributed by atoms with Gasteiger partial charge in [-0.2, -0.15) is 0 Å². The zero-order chi connectivity index (χ0) is 14.8. The van der Waals surface area contributed by atoms with E-state index in [1.54, 1.807) is 33.8 Å². The molecule has 0 fully saturated rings. The van der Waals surface area contributed by atoms with Crippen LogP contribution in [-0.2, 0) is 4.74 Å². The van der Waals surface area contributed by atoms with Crippen molar-refractivity contribution in [3.63, 3.8) is 0 Å². The molecule has 1 amide bonds. The van der Waals surface area contributed by atoms with Gasteiger partial charge in [0, 0.05) is 5.69 Å². The number of carboxylic acid groups (broad SMARTS) is 1. The van der Waals surface area contributed by atoms with Crippen molar-refractivity contribution in [2.75, 3.05) is 5.32 Å². The van der Waals surface area contributed by atoms with Crippen LogP contribution in [0.15, 0.2) is 12.1 Å². The first kappa shape index (κ1) is 15.0. The average molecular weight is 265 g/mol. The summed E-state index contributed by atoms with van der Waals surface area (Å²) in [5.41, 5.74) is 1.60. The van der Waals surface area contributed by atoms with Gasteiger partial charge in [0.05, 0.1) is 5.56 Å². The summed E-state index contributed by atoms with van der Waals surface area (Å²) in [6.07, 6.45) is -0.600. The Morgan fingerprint density at radius 3 is 2.26 bits per heavy atom. The van der Waals surface area contributed by atoms with Gasteiger partial charge in [0.1, 0.15) is 5.60 Å². The topological polar surface area (TPSA) is 75.6 Å². The molecule has 2 N–H and O–H groups in total. The second-order valence-electron chi connectivity index (χ2n) is 5.40. The van der Waals surface area contributed by atoms with Gasteiger partial charge in [-0.15, -0.1) is 0 Å². The quantitative estimate of drug-likeness (QED) is 0.859. The number of carboxylic acids is 1. The Balaban J connectivity index is 3.01. The van der Waals surface area contributed by atoms with Crippen LogP contribution >= 0.6 is 0 Å². The molecule has 104 valence electrons. The summed E-state index contributed by atoms with van der Waals surface area (Å²) in [5, 5.41) is 11.6. The smallest absolute Gasteiger partial charge is 0.412 e. The lowest BCUT2D eigenvalue weighted by Crippen LogP contribution is -2.27. The van der Waals surface area contributed by atoms with Gasteiger partial charge in [0.2, 0.25) is 0 Å². The number of aryl methyl sites for hydroxylation is 1. The number of nitrogens with one attached hydrogen (secondary N) is 1. The molecule has 5 nitrogen and oxygen atoms in total. The van der Waals surface area contributed by atoms with Crippen LogP contribution in [0.3, 0.4) is 0 Å². The molecule has 0 heterocycles. The number of anilines is 1. The highest BCUT2D eigenvalue weighted by Gasteiger charge is 2.18. The number of carbonyl (C=O) groups is 2. The summed E-state index contributed by atoms with van der Waals surface area (Å²) < 4.78 is 5.14. The van der Waals surface area contributed by atoms with E-state index in [1.807, 2.05) is 6.92 Å². The molecule has 0 bridgehead atoms. The lowest BCUT2D eigenvalue weighted by Gasteiger charge is -2.20. The number of aromatic carboxylic acids is 1. The maximum absolute atomic E-state index is 11.7. The minimum absolute atomic E-state index is 0.133. The maximum atomic E-state index is 11.7. The largest absolute Gasteiger partial charge is 0.478 e. The number of amides is 1. The van der Waals surface area contributed by atoms with Crippen LogP contribution in [0.1, 0.15) is 42.3 Å². The number of hydrogen-bond acceptors (Lipinski definition) is 3. The van der Waals surface area contributed by atoms with Crippen molar-refractivity contribution in [1.82, 2.24) is 0 Å². The van der Waals surface area contributed by atoms with E-state index in [-0.39, 0.29) is 5.56 Å². The number of rotatable bonds is 2. The molecule has 0 unspecified atom stereocenters. The van der Waals surface area contributed by atoms with Crippen LogP contribution < -0.4 is 5.32 Å². The molecule has 1 aromatic rings. The highest BCUT2D eigenvalue weighted by atomic mass is 16.6. The highest BCUT2D eigenvalue weighted by molar-refractivity contribution is 5.92. The minimum atomic E-state index is -1.03. The molecule has 0 spiro atoms. The van der Waals surface area contributed by atoms with E-state index in [1.165, 1.54) is 6.07 Å². The Labute approximate surface area is 112 Å². The van der Waals surface area contributed by atoms with Gasteiger partial charge in [-0.25, -0.2) is 9.59 Å². The first-order valence-electron chi connectivity index (χ1n) is 5.94. The SMILES string of the molecule is Cc1cc(C(=O)O)cc(NC(=O)OC(C)(C)C)c1C. The van der Waals surface area contributed by atoms with Crippen molar-refractivity contribution < 1.29 is 19.4 Å². The zero-order valence-corrected chi connectivity index (χ0v) is 11.8. The molecule has 1 aromatic carbocycles. The molecule has 0 aliphatic heterocycles. The predicted octanol–water partition coefficient (Wildman–Crippen LogP) is 3.35. The molecular weight excluding hydrogens is 246 g/mol. The summed E-state index contributed by atoms with van der Waals surface area (Å²) in [6, 6.07) is 2.99. The Hall–Kier alpha value is -2.04. The summed E-state index contributed by atoms with van der Waals surface area (Å²) in [4.78, 5) is 22.7. The molecule has 0 aliphatic carbocycles. The molecule has 0 saturated carbocycles. The van der Waals surface area contributed by atoms with Gasteiger partial charge in [-0.05, 0) is 57.9 Å². The molecule has 0 atom stereocenters. The maximum Gasteiger partial charge on any atom is 0.412 e. The molecule has 1 rings (SSSR count). The van der Waals surface area contributed by atoms with E-state index < -0.39 is 17.7 Å². The van der Waals surface area contributed by atoms with E-state index in [4.69, 9.17) is 9.84 Å². The normalized spacial score (nSPS) is 11.0. The first-order chi connectivity index (χ1) is 8.60. The van der Waals surface area contributed by atoms with Crippen LogP contribution in [-0.4, -0.2) is 22.8 Å². The Morgan fingerprint density at radius 2 is 1.79 bits per heavy atom. The van der Waals surface area contributed by atoms with E-state index in [9.17, 15) is 9.59 Å². The van der Waals surface area contributed by atoms with Gasteiger partial charge in [0.25, 0.3) is 0 Å². The fraction of sp³-hybridized carbons (Fsp3) is 0.429. The van der Waals surface area contributed by atoms with Crippen molar-refractivity contribution in [1.29, 1.82) is 0 Å². The van der Waals surface area contributed by atoms with Gasteiger partial charge < -0.3 is 9.84 Å². The van der Waals surface area contributed by atoms with Crippen LogP contribution in [0.2, 0.25) is 0 Å². The van der Waals surface area contributed by atoms with E-state index >= 15 is 0 Å². The molecule has 19 heavy (non-hydrogen) atoms. The molecular formula is C14H19NO4. The van der Waals surface area contributed by atoms with Crippen molar-refractivity contribution in [3.8, 4) is 0 Å². The third kappa shape index (κ3) is 4.28. The number of carbonyl (C=O) groups excluding carboxylic acids is 1. The molecule has 5 heteroatoms. The monoisotopic (exact) mass is 265 g/mol. The average Bonchev–Trinajstić information content (AvgIpc) is 2.21. The Bertz CT molecular complexity index is 515. The van der Waals surface area contributed by atoms with E-state index in [0.29, 0.717) is 5.69 Å². The lowest BCUT2D eigenvalue weighted by molar-refractivity contribution is 0.0632. The zero-order valence-electron chi connectivity index (χ0n) is 11.8. The van der Waals surface area contributed by atoms with Crippen LogP contribution in [0.25, 0.3) is 0 Å². The molecule has 0 aliphatic rings. The molecule has 0 radical (unpaired) electrons. The second-order valence-corrected chi connectivity index (χ2v) is 5.40. The highest BCUT2D eigenvalue weighted by Crippen LogP contribution is 2.22. The van der Waals surface area contributed by atoms with Gasteiger partial charge in [-0.3, -0.25) is 5.32 Å². The number of ether oxygens (including phenoxy) is 1. The fourth-order valence-corrected chi connectivity index (χ4v) is 1.53. The van der Waals surface area contributed by atoms with Crippen molar-refractivity contribution in [2.45, 2.75) is 40.2 Å². The van der Waals surface area contributed by atoms with Gasteiger partial charge in [0.15, 0.2) is 0 Å². The standard InChI is InChI=1S/C14H19NO4/c1-8-6-10(12(16)17)7-11(9(8)2)15-13(18)19-14(3,4)5/h6-7H,1-5H3,(H,15,18)(H,16,17). The van der Waals surface area contributed by atoms with Crippen LogP contribution in [0.4, 0.5) is 10.5 Å². The third-order valence-electron chi connectivity index (χ3n) is 2.55. The Morgan fingerprint density at radius 1 is 1.21 bits per heavy atom. The van der Waals surface area contributed by atoms with Gasteiger partial charge in [-0.1, -0.05) is 0 Å². The van der Waals surface area contributed by atoms with Crippen molar-refractivity contribution in [2.24, 2.45) is 0 Å². The first-order valence-corrected chi connectivity index (χ1v) is 5.94. The lowest BCUT2D eigenvalue weighted by atomic mass is 10.0. The van der Waals surface area contributed by atoms with Crippen molar-refractivity contribution >= 4 is 17.7 Å². The fourth-order valence-electron chi connectivity index (χ4n) is 1.53. The van der Waals surface area contributed by atoms with E-state index in [0.717, 1.165) is 11.1 Å². The Kier molecular flexibility index (Phi) is 4.19. The van der Waals surface area contributed by atoms with Gasteiger partial charge >= 0.3 is 12.1 Å². The summed E-state index contributed by atoms with van der Waals surface area (Å²) >= 11 is 0. The summed E-state index contributed by atoms with van der Waals surface area (Å²) in [5.74, 6) is -1.03. The van der Waals surface area contributed by atoms with Crippen LogP contribution in [0, 0.1) is 13.8 Å². The molecule has 0 aromatic heterocycles. The summed E-state index contributed by atoms with van der Waals surface area (Å²) in [6.45, 7) is 8.89.